The number of fused-ring (bicyclic) bond motifs is 11. The predicted molar refractivity (Wildman–Crippen MR) is 191 cm³/mol. The van der Waals surface area contributed by atoms with Crippen LogP contribution in [-0.4, -0.2) is 0 Å². The number of benzene rings is 7. The van der Waals surface area contributed by atoms with E-state index in [1.54, 1.807) is 0 Å². The van der Waals surface area contributed by atoms with Gasteiger partial charge in [-0.1, -0.05) is 92.7 Å². The van der Waals surface area contributed by atoms with Crippen LogP contribution in [0.5, 0.6) is 0 Å². The van der Waals surface area contributed by atoms with E-state index >= 15 is 0 Å². The highest BCUT2D eigenvalue weighted by Gasteiger charge is 2.35. The van der Waals surface area contributed by atoms with Crippen LogP contribution in [-0.2, 0) is 5.41 Å². The van der Waals surface area contributed by atoms with Crippen molar-refractivity contribution in [3.63, 3.8) is 0 Å². The van der Waals surface area contributed by atoms with E-state index in [1.165, 1.54) is 33.0 Å². The number of furan rings is 2. The van der Waals surface area contributed by atoms with Crippen LogP contribution in [0.2, 0.25) is 0 Å². The molecule has 218 valence electrons. The van der Waals surface area contributed by atoms with Crippen molar-refractivity contribution in [1.29, 1.82) is 0 Å². The van der Waals surface area contributed by atoms with Gasteiger partial charge >= 0.3 is 0 Å². The van der Waals surface area contributed by atoms with Gasteiger partial charge in [0.1, 0.15) is 22.3 Å². The van der Waals surface area contributed by atoms with E-state index in [0.29, 0.717) is 0 Å². The van der Waals surface area contributed by atoms with Gasteiger partial charge in [-0.3, -0.25) is 0 Å². The van der Waals surface area contributed by atoms with Crippen molar-refractivity contribution in [2.24, 2.45) is 0 Å². The second-order valence-corrected chi connectivity index (χ2v) is 13.0. The minimum absolute atomic E-state index is 0.104. The highest BCUT2D eigenvalue weighted by molar-refractivity contribution is 6.19. The van der Waals surface area contributed by atoms with Gasteiger partial charge in [0.25, 0.3) is 0 Å². The van der Waals surface area contributed by atoms with E-state index in [-0.39, 0.29) is 5.41 Å². The summed E-state index contributed by atoms with van der Waals surface area (Å²) in [4.78, 5) is 2.36. The van der Waals surface area contributed by atoms with Gasteiger partial charge < -0.3 is 13.7 Å². The van der Waals surface area contributed by atoms with Crippen molar-refractivity contribution in [3.05, 3.63) is 151 Å². The zero-order valence-electron chi connectivity index (χ0n) is 25.5. The summed E-state index contributed by atoms with van der Waals surface area (Å²) in [6.07, 6.45) is 0. The van der Waals surface area contributed by atoms with Crippen LogP contribution >= 0.6 is 0 Å². The average Bonchev–Trinajstić information content (AvgIpc) is 3.73. The highest BCUT2D eigenvalue weighted by Crippen LogP contribution is 2.51. The van der Waals surface area contributed by atoms with Crippen molar-refractivity contribution in [3.8, 4) is 11.1 Å². The Hall–Kier alpha value is -5.80. The molecule has 0 unspecified atom stereocenters. The van der Waals surface area contributed by atoms with E-state index in [4.69, 9.17) is 8.83 Å². The highest BCUT2D eigenvalue weighted by atomic mass is 16.3. The molecule has 0 radical (unpaired) electrons. The Morgan fingerprint density at radius 1 is 0.435 bits per heavy atom. The molecule has 2 heterocycles. The lowest BCUT2D eigenvalue weighted by Gasteiger charge is -2.28. The molecule has 3 nitrogen and oxygen atoms in total. The fourth-order valence-electron chi connectivity index (χ4n) is 7.81. The van der Waals surface area contributed by atoms with Crippen LogP contribution in [0.25, 0.3) is 65.8 Å². The molecular formula is C43H29NO2. The Balaban J connectivity index is 1.20. The lowest BCUT2D eigenvalue weighted by molar-refractivity contribution is 0.660. The topological polar surface area (TPSA) is 29.5 Å². The maximum absolute atomic E-state index is 6.38. The van der Waals surface area contributed by atoms with Gasteiger partial charge in [-0.05, 0) is 87.6 Å². The van der Waals surface area contributed by atoms with Crippen molar-refractivity contribution >= 4 is 71.7 Å². The molecular weight excluding hydrogens is 562 g/mol. The number of hydrogen-bond acceptors (Lipinski definition) is 3. The van der Waals surface area contributed by atoms with E-state index in [0.717, 1.165) is 60.9 Å². The third-order valence-corrected chi connectivity index (χ3v) is 10.0. The maximum atomic E-state index is 6.38. The molecule has 0 saturated carbocycles. The van der Waals surface area contributed by atoms with Crippen molar-refractivity contribution in [1.82, 2.24) is 0 Å². The van der Waals surface area contributed by atoms with Gasteiger partial charge in [-0.25, -0.2) is 0 Å². The minimum Gasteiger partial charge on any atom is -0.456 e. The fraction of sp³-hybridized carbons (Fsp3) is 0.0698. The number of hydrogen-bond donors (Lipinski definition) is 0. The summed E-state index contributed by atoms with van der Waals surface area (Å²) in [5.74, 6) is 0. The van der Waals surface area contributed by atoms with Gasteiger partial charge in [0.05, 0.1) is 0 Å². The number of rotatable bonds is 3. The van der Waals surface area contributed by atoms with Crippen LogP contribution in [0.3, 0.4) is 0 Å². The Kier molecular flexibility index (Phi) is 5.06. The smallest absolute Gasteiger partial charge is 0.137 e. The molecule has 7 aromatic carbocycles. The summed E-state index contributed by atoms with van der Waals surface area (Å²) in [5.41, 5.74) is 12.1. The van der Waals surface area contributed by atoms with Crippen molar-refractivity contribution in [2.75, 3.05) is 4.90 Å². The van der Waals surface area contributed by atoms with Gasteiger partial charge in [0.2, 0.25) is 0 Å². The van der Waals surface area contributed by atoms with E-state index in [2.05, 4.69) is 134 Å². The first-order chi connectivity index (χ1) is 22.5. The molecule has 0 aliphatic heterocycles. The molecule has 0 spiro atoms. The second-order valence-electron chi connectivity index (χ2n) is 13.0. The number of nitrogens with zero attached hydrogens (tertiary/aromatic N) is 1. The maximum Gasteiger partial charge on any atom is 0.137 e. The van der Waals surface area contributed by atoms with Gasteiger partial charge in [-0.2, -0.15) is 0 Å². The number of anilines is 3. The van der Waals surface area contributed by atoms with Crippen LogP contribution in [0.15, 0.2) is 148 Å². The second kappa shape index (κ2) is 9.12. The van der Waals surface area contributed by atoms with Gasteiger partial charge in [0.15, 0.2) is 0 Å². The molecule has 3 heteroatoms. The molecule has 0 saturated heterocycles. The molecule has 10 rings (SSSR count). The Bertz CT molecular complexity index is 2690. The van der Waals surface area contributed by atoms with Gasteiger partial charge in [-0.15, -0.1) is 0 Å². The molecule has 1 aliphatic carbocycles. The lowest BCUT2D eigenvalue weighted by Crippen LogP contribution is -2.16. The monoisotopic (exact) mass is 591 g/mol. The van der Waals surface area contributed by atoms with Crippen molar-refractivity contribution in [2.45, 2.75) is 19.3 Å². The molecule has 1 aliphatic rings. The largest absolute Gasteiger partial charge is 0.456 e. The first-order valence-corrected chi connectivity index (χ1v) is 15.8. The van der Waals surface area contributed by atoms with Crippen LogP contribution in [0, 0.1) is 0 Å². The summed E-state index contributed by atoms with van der Waals surface area (Å²) in [5, 5.41) is 6.91. The van der Waals surface area contributed by atoms with Gasteiger partial charge in [0, 0.05) is 50.1 Å². The van der Waals surface area contributed by atoms with E-state index < -0.39 is 0 Å². The Labute approximate surface area is 265 Å². The molecule has 2 aromatic heterocycles. The molecule has 0 amide bonds. The standard InChI is InChI=1S/C43H29NO2/c1-43(2)36-12-6-3-9-31(36)32-20-17-28(24-37(32)43)44(29-18-21-34-33-10-4-7-13-38(33)46-41(34)25-29)27-16-19-30-26(23-27)15-22-40-42(30)35-11-5-8-14-39(35)45-40/h3-25H,1-2H3. The van der Waals surface area contributed by atoms with Crippen LogP contribution < -0.4 is 4.90 Å². The molecule has 0 fully saturated rings. The summed E-state index contributed by atoms with van der Waals surface area (Å²) >= 11 is 0. The first-order valence-electron chi connectivity index (χ1n) is 15.8. The fourth-order valence-corrected chi connectivity index (χ4v) is 7.81. The quantitative estimate of drug-likeness (QED) is 0.205. The summed E-state index contributed by atoms with van der Waals surface area (Å²) in [6, 6.07) is 49.9. The Morgan fingerprint density at radius 2 is 1.04 bits per heavy atom. The number of para-hydroxylation sites is 2. The zero-order valence-corrected chi connectivity index (χ0v) is 25.5. The summed E-state index contributed by atoms with van der Waals surface area (Å²) < 4.78 is 12.6. The predicted octanol–water partition coefficient (Wildman–Crippen LogP) is 12.4. The first kappa shape index (κ1) is 25.5. The molecule has 0 atom stereocenters. The molecule has 9 aromatic rings. The van der Waals surface area contributed by atoms with E-state index in [9.17, 15) is 0 Å². The van der Waals surface area contributed by atoms with Crippen LogP contribution in [0.1, 0.15) is 25.0 Å². The summed E-state index contributed by atoms with van der Waals surface area (Å²) in [7, 11) is 0. The third-order valence-electron chi connectivity index (χ3n) is 10.0. The van der Waals surface area contributed by atoms with E-state index in [1.807, 2.05) is 24.3 Å². The Morgan fingerprint density at radius 3 is 1.91 bits per heavy atom. The zero-order chi connectivity index (χ0) is 30.6. The summed E-state index contributed by atoms with van der Waals surface area (Å²) in [6.45, 7) is 4.67. The normalized spacial score (nSPS) is 13.6. The third kappa shape index (κ3) is 3.48. The van der Waals surface area contributed by atoms with Crippen LogP contribution in [0.4, 0.5) is 17.1 Å². The average molecular weight is 592 g/mol. The molecule has 0 bridgehead atoms. The molecule has 46 heavy (non-hydrogen) atoms. The SMILES string of the molecule is CC1(C)c2ccccc2-c2ccc(N(c3ccc4c(ccc5oc6ccccc6c54)c3)c3ccc4c(c3)oc3ccccc34)cc21. The van der Waals surface area contributed by atoms with Crippen molar-refractivity contribution < 1.29 is 8.83 Å². The lowest BCUT2D eigenvalue weighted by atomic mass is 9.82. The minimum atomic E-state index is -0.104. The molecule has 0 N–H and O–H groups in total.